The van der Waals surface area contributed by atoms with Gasteiger partial charge in [0.25, 0.3) is 0 Å². The van der Waals surface area contributed by atoms with Crippen LogP contribution in [0, 0.1) is 142 Å². The predicted molar refractivity (Wildman–Crippen MR) is 487 cm³/mol. The van der Waals surface area contributed by atoms with Crippen LogP contribution < -0.4 is 0 Å². The molecule has 3 aromatic rings. The first-order chi connectivity index (χ1) is 57.9. The number of allylic oxidation sites excluding steroid dienone is 18. The lowest BCUT2D eigenvalue weighted by atomic mass is 9.85. The van der Waals surface area contributed by atoms with E-state index in [1.165, 1.54) is 40.5 Å². The van der Waals surface area contributed by atoms with Crippen LogP contribution >= 0.6 is 0 Å². The molecule has 0 spiro atoms. The van der Waals surface area contributed by atoms with Crippen LogP contribution in [-0.4, -0.2) is 121 Å². The molecule has 6 heterocycles. The number of fused-ring (bicyclic) bond motifs is 30. The summed E-state index contributed by atoms with van der Waals surface area (Å²) < 4.78 is 0. The van der Waals surface area contributed by atoms with Crippen molar-refractivity contribution >= 4 is 70.9 Å². The summed E-state index contributed by atoms with van der Waals surface area (Å²) in [6, 6.07) is 28.7. The molecule has 0 N–H and O–H groups in total. The van der Waals surface area contributed by atoms with E-state index in [-0.39, 0.29) is 231 Å². The maximum Gasteiger partial charge on any atom is 0.235 e. The van der Waals surface area contributed by atoms with E-state index in [1.807, 2.05) is 85.0 Å². The number of hydrogen-bond donors (Lipinski definition) is 0. The lowest BCUT2D eigenvalue weighted by Gasteiger charge is -2.24. The minimum atomic E-state index is -0.285. The van der Waals surface area contributed by atoms with Crippen LogP contribution in [0.4, 0.5) is 0 Å². The highest BCUT2D eigenvalue weighted by Crippen LogP contribution is 2.58. The first-order valence-electron chi connectivity index (χ1n) is 43.9. The number of hydrogen-bond acceptors (Lipinski definition) is 12. The molecule has 12 bridgehead atoms. The molecule has 18 nitrogen and oxygen atoms in total. The van der Waals surface area contributed by atoms with Crippen molar-refractivity contribution in [3.63, 3.8) is 0 Å². The van der Waals surface area contributed by atoms with Gasteiger partial charge in [0, 0.05) is 14.1 Å². The largest absolute Gasteiger partial charge is 0.285 e. The average molecular weight is 1670 g/mol. The molecule has 21 rings (SSSR count). The summed E-state index contributed by atoms with van der Waals surface area (Å²) in [6.45, 7) is 33.6. The Bertz CT molecular complexity index is 4090. The Hall–Kier alpha value is -10.6. The molecular formula is C105H136N6O12. The van der Waals surface area contributed by atoms with E-state index in [1.54, 1.807) is 14.1 Å². The third kappa shape index (κ3) is 19.8. The lowest BCUT2D eigenvalue weighted by molar-refractivity contribution is -0.151. The van der Waals surface area contributed by atoms with Crippen molar-refractivity contribution in [3.8, 4) is 0 Å². The maximum absolute atomic E-state index is 13.0. The summed E-state index contributed by atoms with van der Waals surface area (Å²) in [5, 5.41) is 0. The zero-order chi connectivity index (χ0) is 86.5. The van der Waals surface area contributed by atoms with E-state index in [0.29, 0.717) is 23.7 Å². The third-order valence-electron chi connectivity index (χ3n) is 27.4. The number of nitrogens with zero attached hydrogens (tertiary/aromatic N) is 6. The van der Waals surface area contributed by atoms with Crippen LogP contribution in [0.25, 0.3) is 0 Å². The molecule has 658 valence electrons. The van der Waals surface area contributed by atoms with Crippen LogP contribution in [0.5, 0.6) is 0 Å². The summed E-state index contributed by atoms with van der Waals surface area (Å²) in [7, 11) is 3.20. The van der Waals surface area contributed by atoms with E-state index in [2.05, 4.69) is 190 Å². The van der Waals surface area contributed by atoms with Gasteiger partial charge in [-0.05, 0) is 177 Å². The van der Waals surface area contributed by atoms with Crippen molar-refractivity contribution in [1.82, 2.24) is 29.4 Å². The molecule has 0 aromatic heterocycles. The quantitative estimate of drug-likeness (QED) is 0.109. The fraction of sp³-hybridized carbons (Fsp3) is 0.486. The van der Waals surface area contributed by atoms with Crippen molar-refractivity contribution in [2.75, 3.05) is 20.8 Å². The Morgan fingerprint density at radius 2 is 0.415 bits per heavy atom. The topological polar surface area (TPSA) is 224 Å². The van der Waals surface area contributed by atoms with Gasteiger partial charge >= 0.3 is 0 Å². The van der Waals surface area contributed by atoms with Gasteiger partial charge in [-0.2, -0.15) is 0 Å². The standard InChI is InChI=1S/C26H24N2O4.C19H18N2O4.C13H12.2C10H11NO2.6C4H8.3CH4/c29-23-19-15-4-5-16(9-15)20(19)24(30)27(23)11-13-2-1-3-14(8-13)12-28-25(31)21-17-6-7-18(10-17)22(21)26(28)32;22-16-12-8-1-2-9(5-8)13(12)17(23)20(16)7-21-18(24)14-10-3-4-11(6-10)15(14)19(21)25;1-3-7-12(8-4-1)11-13-9-5-2-6-10-13;2*1-11-9(12)7-5-2-3-6(4-5)8(7)10(11)13;6*1-3-4-2;;;/h1-8,15-22H,9-12H2;1-4,8-15H,5-7H2;1-10H,11H2;2*2-3,5-8H,4H2,1H3;6*3H,1,4H2,2H3;3*1H4. The molecular weight excluding hydrogens is 1540 g/mol. The second-order valence-corrected chi connectivity index (χ2v) is 34.5. The molecule has 12 amide bonds. The van der Waals surface area contributed by atoms with Crippen molar-refractivity contribution in [2.45, 2.75) is 160 Å². The van der Waals surface area contributed by atoms with Crippen molar-refractivity contribution in [3.05, 3.63) is 256 Å². The highest BCUT2D eigenvalue weighted by Gasteiger charge is 2.65. The molecule has 3 aromatic carbocycles. The van der Waals surface area contributed by atoms with E-state index in [0.717, 1.165) is 94.6 Å². The fourth-order valence-corrected chi connectivity index (χ4v) is 21.3. The maximum atomic E-state index is 13.0. The van der Waals surface area contributed by atoms with Gasteiger partial charge in [-0.15, -0.1) is 39.5 Å². The molecule has 6 saturated carbocycles. The number of rotatable bonds is 14. The molecule has 24 atom stereocenters. The molecule has 123 heavy (non-hydrogen) atoms. The molecule has 18 heteroatoms. The van der Waals surface area contributed by atoms with Crippen LogP contribution in [0.3, 0.4) is 0 Å². The van der Waals surface area contributed by atoms with Gasteiger partial charge in [0.15, 0.2) is 0 Å². The van der Waals surface area contributed by atoms with Gasteiger partial charge < -0.3 is 0 Å². The van der Waals surface area contributed by atoms with Gasteiger partial charge in [0.05, 0.1) is 84.1 Å². The van der Waals surface area contributed by atoms with Crippen molar-refractivity contribution in [2.24, 2.45) is 142 Å². The van der Waals surface area contributed by atoms with E-state index < -0.39 is 0 Å². The molecule has 0 radical (unpaired) electrons. The number of benzene rings is 3. The zero-order valence-corrected chi connectivity index (χ0v) is 71.5. The zero-order valence-electron chi connectivity index (χ0n) is 71.5. The second kappa shape index (κ2) is 44.1. The molecule has 12 fully saturated rings. The van der Waals surface area contributed by atoms with Crippen LogP contribution in [0.2, 0.25) is 0 Å². The smallest absolute Gasteiger partial charge is 0.235 e. The Kier molecular flexibility index (Phi) is 35.1. The summed E-state index contributed by atoms with van der Waals surface area (Å²) in [4.78, 5) is 158. The van der Waals surface area contributed by atoms with E-state index in [9.17, 15) is 57.5 Å². The first kappa shape index (κ1) is 97.8. The fourth-order valence-electron chi connectivity index (χ4n) is 21.3. The van der Waals surface area contributed by atoms with Crippen molar-refractivity contribution in [1.29, 1.82) is 0 Å². The van der Waals surface area contributed by atoms with Crippen LogP contribution in [0.15, 0.2) is 234 Å². The molecule has 12 aliphatic carbocycles. The van der Waals surface area contributed by atoms with Gasteiger partial charge in [0.2, 0.25) is 70.9 Å². The average Bonchev–Trinajstić information content (AvgIpc) is 1.56. The summed E-state index contributed by atoms with van der Waals surface area (Å²) in [6.07, 6.45) is 49.4. The Labute approximate surface area is 732 Å². The summed E-state index contributed by atoms with van der Waals surface area (Å²) in [5.74, 6) is -0.126. The SMILES string of the molecule is C.C.C.C=CCC.C=CCC.C=CCC.C=CCC.C=CCC.C=CCC.CN1C(=O)C2C3C=CC(C3)C2C1=O.CN1C(=O)C2C3C=CC(C3)C2C1=O.O=C1C2C3C=CC(C3)C2C(=O)N1CN1C(=O)C2C3C=CC(C3)C2C1=O.O=C1C2C3C=CC(C3)C2C(=O)N1Cc1cccc(CN2C(=O)C3C4C=CC(C4)C3C2=O)c1.c1ccc(Cc2ccccc2)cc1. The highest BCUT2D eigenvalue weighted by molar-refractivity contribution is 6.11. The van der Waals surface area contributed by atoms with Gasteiger partial charge in [-0.1, -0.05) is 258 Å². The Morgan fingerprint density at radius 3 is 0.593 bits per heavy atom. The Morgan fingerprint density at radius 1 is 0.252 bits per heavy atom. The van der Waals surface area contributed by atoms with Gasteiger partial charge in [0.1, 0.15) is 6.67 Å². The molecule has 24 unspecified atom stereocenters. The van der Waals surface area contributed by atoms with Crippen LogP contribution in [-0.2, 0) is 77.0 Å². The minimum Gasteiger partial charge on any atom is -0.285 e. The number of carbonyl (C=O) groups excluding carboxylic acids is 12. The lowest BCUT2D eigenvalue weighted by Crippen LogP contribution is -2.46. The second-order valence-electron chi connectivity index (χ2n) is 34.5. The third-order valence-corrected chi connectivity index (χ3v) is 27.4. The minimum absolute atomic E-state index is 0. The van der Waals surface area contributed by atoms with Crippen LogP contribution in [0.1, 0.15) is 163 Å². The summed E-state index contributed by atoms with van der Waals surface area (Å²) in [5.41, 5.74) is 4.44. The molecule has 6 aliphatic heterocycles. The van der Waals surface area contributed by atoms with Gasteiger partial charge in [-0.3, -0.25) is 86.9 Å². The number of amides is 12. The van der Waals surface area contributed by atoms with Crippen molar-refractivity contribution < 1.29 is 57.5 Å². The monoisotopic (exact) mass is 1670 g/mol. The highest BCUT2D eigenvalue weighted by atomic mass is 16.2. The first-order valence-corrected chi connectivity index (χ1v) is 43.9. The molecule has 18 aliphatic rings. The predicted octanol–water partition coefficient (Wildman–Crippen LogP) is 18.4. The number of carbonyl (C=O) groups is 12. The normalized spacial score (nSPS) is 32.4. The van der Waals surface area contributed by atoms with Gasteiger partial charge in [-0.25, -0.2) is 0 Å². The Balaban J connectivity index is 0.000000184. The summed E-state index contributed by atoms with van der Waals surface area (Å²) >= 11 is 0. The number of likely N-dealkylation sites (tertiary alicyclic amines) is 6. The van der Waals surface area contributed by atoms with E-state index >= 15 is 0 Å². The van der Waals surface area contributed by atoms with E-state index in [4.69, 9.17) is 0 Å². The number of imide groups is 6. The molecule has 6 saturated heterocycles.